The molecule has 0 aliphatic heterocycles. The average Bonchev–Trinajstić information content (AvgIpc) is 3.23. The second-order valence-electron chi connectivity index (χ2n) is 7.59. The molecular weight excluding hydrogens is 429 g/mol. The lowest BCUT2D eigenvalue weighted by molar-refractivity contribution is -0.141. The molecule has 5 aromatic rings. The molecule has 5 rings (SSSR count). The van der Waals surface area contributed by atoms with E-state index >= 15 is 0 Å². The number of carbonyl (C=O) groups excluding carboxylic acids is 1. The molecule has 5 nitrogen and oxygen atoms in total. The zero-order valence-electron chi connectivity index (χ0n) is 17.1. The molecule has 1 heterocycles. The fraction of sp³-hybridized carbons (Fsp3) is 0.0400. The number of hydrogen-bond acceptors (Lipinski definition) is 2. The molecule has 0 aliphatic carbocycles. The summed E-state index contributed by atoms with van der Waals surface area (Å²) in [6.45, 7) is 0. The summed E-state index contributed by atoms with van der Waals surface area (Å²) in [5, 5.41) is 10.1. The Balaban J connectivity index is 1.73. The molecule has 0 saturated carbocycles. The first-order chi connectivity index (χ1) is 15.8. The summed E-state index contributed by atoms with van der Waals surface area (Å²) in [5.41, 5.74) is 5.90. The second-order valence-corrected chi connectivity index (χ2v) is 7.59. The lowest BCUT2D eigenvalue weighted by Gasteiger charge is -2.12. The number of anilines is 1. The summed E-state index contributed by atoms with van der Waals surface area (Å²) in [4.78, 5) is 11.1. The van der Waals surface area contributed by atoms with E-state index in [-0.39, 0.29) is 0 Å². The van der Waals surface area contributed by atoms with Crippen LogP contribution in [0.1, 0.15) is 5.69 Å². The largest absolute Gasteiger partial charge is 0.435 e. The summed E-state index contributed by atoms with van der Waals surface area (Å²) in [7, 11) is 0. The van der Waals surface area contributed by atoms with Gasteiger partial charge in [0.15, 0.2) is 5.69 Å². The Hall–Kier alpha value is -4.33. The van der Waals surface area contributed by atoms with Gasteiger partial charge in [-0.05, 0) is 64.0 Å². The maximum atomic E-state index is 13.6. The van der Waals surface area contributed by atoms with Gasteiger partial charge >= 0.3 is 12.2 Å². The van der Waals surface area contributed by atoms with Gasteiger partial charge in [-0.2, -0.15) is 18.3 Å². The quantitative estimate of drug-likeness (QED) is 0.317. The van der Waals surface area contributed by atoms with Crippen molar-refractivity contribution < 1.29 is 18.0 Å². The highest BCUT2D eigenvalue weighted by molar-refractivity contribution is 6.04. The second kappa shape index (κ2) is 7.67. The molecule has 0 unspecified atom stereocenters. The fourth-order valence-electron chi connectivity index (χ4n) is 3.93. The smallest absolute Gasteiger partial charge is 0.351 e. The molecule has 2 amide bonds. The van der Waals surface area contributed by atoms with Gasteiger partial charge in [0.05, 0.1) is 11.4 Å². The van der Waals surface area contributed by atoms with Gasteiger partial charge in [0.2, 0.25) is 0 Å². The molecule has 0 atom stereocenters. The minimum atomic E-state index is -4.61. The number of benzene rings is 4. The highest BCUT2D eigenvalue weighted by Crippen LogP contribution is 2.37. The van der Waals surface area contributed by atoms with E-state index in [9.17, 15) is 18.0 Å². The Morgan fingerprint density at radius 1 is 0.848 bits per heavy atom. The normalized spacial score (nSPS) is 11.7. The van der Waals surface area contributed by atoms with Crippen LogP contribution >= 0.6 is 0 Å². The number of fused-ring (bicyclic) bond motifs is 2. The maximum absolute atomic E-state index is 13.6. The van der Waals surface area contributed by atoms with E-state index in [1.165, 1.54) is 4.68 Å². The predicted octanol–water partition coefficient (Wildman–Crippen LogP) is 6.36. The number of halogens is 3. The van der Waals surface area contributed by atoms with Crippen molar-refractivity contribution in [2.75, 3.05) is 5.32 Å². The number of nitrogens with zero attached hydrogens (tertiary/aromatic N) is 2. The van der Waals surface area contributed by atoms with Crippen LogP contribution in [0.5, 0.6) is 0 Å². The Bertz CT molecular complexity index is 1500. The molecule has 0 radical (unpaired) electrons. The summed E-state index contributed by atoms with van der Waals surface area (Å²) in [5.74, 6) is 0. The number of rotatable bonds is 3. The molecule has 4 aromatic carbocycles. The molecular formula is C25H17F3N4O. The first-order valence-electron chi connectivity index (χ1n) is 10.1. The number of nitrogens with one attached hydrogen (secondary N) is 1. The van der Waals surface area contributed by atoms with Crippen LogP contribution in [0.15, 0.2) is 84.9 Å². The Kier molecular flexibility index (Phi) is 4.78. The number of hydrogen-bond donors (Lipinski definition) is 2. The molecule has 33 heavy (non-hydrogen) atoms. The number of carbonyl (C=O) groups is 1. The van der Waals surface area contributed by atoms with Crippen molar-refractivity contribution >= 4 is 33.3 Å². The molecule has 8 heteroatoms. The van der Waals surface area contributed by atoms with Crippen LogP contribution in [0.25, 0.3) is 38.5 Å². The van der Waals surface area contributed by atoms with Gasteiger partial charge in [-0.3, -0.25) is 0 Å². The molecule has 0 spiro atoms. The predicted molar refractivity (Wildman–Crippen MR) is 122 cm³/mol. The highest BCUT2D eigenvalue weighted by atomic mass is 19.4. The number of amides is 2. The van der Waals surface area contributed by atoms with Gasteiger partial charge in [-0.1, -0.05) is 42.5 Å². The summed E-state index contributed by atoms with van der Waals surface area (Å²) < 4.78 is 42.1. The molecule has 0 saturated heterocycles. The van der Waals surface area contributed by atoms with E-state index < -0.39 is 17.9 Å². The van der Waals surface area contributed by atoms with Gasteiger partial charge in [-0.25, -0.2) is 9.48 Å². The van der Waals surface area contributed by atoms with Crippen molar-refractivity contribution in [2.45, 2.75) is 6.18 Å². The average molecular weight is 446 g/mol. The van der Waals surface area contributed by atoms with E-state index in [1.54, 1.807) is 30.3 Å². The van der Waals surface area contributed by atoms with Crippen LogP contribution in [0, 0.1) is 0 Å². The van der Waals surface area contributed by atoms with Crippen LogP contribution < -0.4 is 11.1 Å². The molecule has 1 aromatic heterocycles. The first kappa shape index (κ1) is 20.6. The molecule has 0 fully saturated rings. The number of primary amides is 1. The molecule has 0 aliphatic rings. The van der Waals surface area contributed by atoms with E-state index in [0.29, 0.717) is 22.6 Å². The van der Waals surface area contributed by atoms with Crippen LogP contribution in [-0.4, -0.2) is 15.8 Å². The number of nitrogens with two attached hydrogens (primary N) is 1. The zero-order chi connectivity index (χ0) is 23.2. The van der Waals surface area contributed by atoms with E-state index in [1.807, 2.05) is 48.5 Å². The lowest BCUT2D eigenvalue weighted by Crippen LogP contribution is -2.19. The molecule has 164 valence electrons. The third-order valence-corrected chi connectivity index (χ3v) is 5.40. The van der Waals surface area contributed by atoms with Crippen LogP contribution in [-0.2, 0) is 6.18 Å². The van der Waals surface area contributed by atoms with E-state index in [4.69, 9.17) is 5.73 Å². The van der Waals surface area contributed by atoms with Crippen molar-refractivity contribution in [1.82, 2.24) is 9.78 Å². The van der Waals surface area contributed by atoms with Gasteiger partial charge in [0, 0.05) is 11.3 Å². The standard InChI is InChI=1S/C25H17F3N4O/c26-25(27,28)23-14-22(32(31-23)19-10-8-18(9-11-19)30-24(29)33)20-7-3-6-17-12-15-4-1-2-5-16(15)13-21(17)20/h1-14H,(H3,29,30,33). The van der Waals surface area contributed by atoms with Crippen molar-refractivity contribution in [2.24, 2.45) is 5.73 Å². The number of urea groups is 1. The van der Waals surface area contributed by atoms with Crippen molar-refractivity contribution in [3.05, 3.63) is 90.6 Å². The van der Waals surface area contributed by atoms with Crippen molar-refractivity contribution in [1.29, 1.82) is 0 Å². The van der Waals surface area contributed by atoms with E-state index in [2.05, 4.69) is 10.4 Å². The molecule has 3 N–H and O–H groups in total. The first-order valence-corrected chi connectivity index (χ1v) is 10.1. The summed E-state index contributed by atoms with van der Waals surface area (Å²) in [6, 6.07) is 23.9. The topological polar surface area (TPSA) is 72.9 Å². The van der Waals surface area contributed by atoms with Crippen LogP contribution in [0.2, 0.25) is 0 Å². The van der Waals surface area contributed by atoms with Crippen molar-refractivity contribution in [3.8, 4) is 16.9 Å². The number of aromatic nitrogens is 2. The lowest BCUT2D eigenvalue weighted by atomic mass is 9.98. The SMILES string of the molecule is NC(=O)Nc1ccc(-n2nc(C(F)(F)F)cc2-c2cccc3cc4ccccc4cc23)cc1. The Morgan fingerprint density at radius 3 is 2.18 bits per heavy atom. The van der Waals surface area contributed by atoms with Gasteiger partial charge < -0.3 is 11.1 Å². The van der Waals surface area contributed by atoms with Crippen LogP contribution in [0.3, 0.4) is 0 Å². The van der Waals surface area contributed by atoms with Gasteiger partial charge in [-0.15, -0.1) is 0 Å². The van der Waals surface area contributed by atoms with E-state index in [0.717, 1.165) is 27.6 Å². The third kappa shape index (κ3) is 3.87. The Labute approximate surface area is 186 Å². The maximum Gasteiger partial charge on any atom is 0.435 e. The monoisotopic (exact) mass is 446 g/mol. The highest BCUT2D eigenvalue weighted by Gasteiger charge is 2.35. The van der Waals surface area contributed by atoms with Gasteiger partial charge in [0.25, 0.3) is 0 Å². The summed E-state index contributed by atoms with van der Waals surface area (Å²) in [6.07, 6.45) is -4.61. The fourth-order valence-corrected chi connectivity index (χ4v) is 3.93. The summed E-state index contributed by atoms with van der Waals surface area (Å²) >= 11 is 0. The third-order valence-electron chi connectivity index (χ3n) is 5.40. The minimum absolute atomic E-state index is 0.304. The zero-order valence-corrected chi connectivity index (χ0v) is 17.1. The Morgan fingerprint density at radius 2 is 1.52 bits per heavy atom. The minimum Gasteiger partial charge on any atom is -0.351 e. The van der Waals surface area contributed by atoms with Crippen LogP contribution in [0.4, 0.5) is 23.7 Å². The molecule has 0 bridgehead atoms. The van der Waals surface area contributed by atoms with Gasteiger partial charge in [0.1, 0.15) is 0 Å². The number of alkyl halides is 3. The van der Waals surface area contributed by atoms with Crippen molar-refractivity contribution in [3.63, 3.8) is 0 Å².